The number of anilines is 1. The predicted octanol–water partition coefficient (Wildman–Crippen LogP) is 4.50. The van der Waals surface area contributed by atoms with Crippen LogP contribution in [0.15, 0.2) is 55.1 Å². The number of hydrogen-bond acceptors (Lipinski definition) is 4. The van der Waals surface area contributed by atoms with Crippen LogP contribution < -0.4 is 15.4 Å². The molecule has 1 aliphatic rings. The molecule has 1 saturated carbocycles. The zero-order chi connectivity index (χ0) is 20.2. The van der Waals surface area contributed by atoms with Crippen LogP contribution in [0.2, 0.25) is 0 Å². The van der Waals surface area contributed by atoms with Gasteiger partial charge in [-0.2, -0.15) is 5.10 Å². The molecule has 8 heteroatoms. The Kier molecular flexibility index (Phi) is 5.41. The zero-order valence-corrected chi connectivity index (χ0v) is 16.0. The molecule has 0 spiro atoms. The standard InChI is InChI=1S/C21H22FN5O2/c1-14(16-5-6-16)27-13-17(11-25-27)26-21(28)24-10-15-4-7-20(19(22)9-15)29-18-3-2-8-23-12-18/h2-4,7-9,11-14,16H,5-6,10H2,1H3,(H2,24,26,28). The van der Waals surface area contributed by atoms with E-state index in [-0.39, 0.29) is 18.3 Å². The van der Waals surface area contributed by atoms with Crippen molar-refractivity contribution in [2.24, 2.45) is 5.92 Å². The summed E-state index contributed by atoms with van der Waals surface area (Å²) in [6.45, 7) is 2.31. The minimum Gasteiger partial charge on any atom is -0.453 e. The van der Waals surface area contributed by atoms with Gasteiger partial charge in [-0.05, 0) is 55.5 Å². The van der Waals surface area contributed by atoms with E-state index in [0.717, 1.165) is 0 Å². The minimum absolute atomic E-state index is 0.100. The number of hydrogen-bond donors (Lipinski definition) is 2. The molecule has 0 bridgehead atoms. The molecule has 1 fully saturated rings. The number of nitrogens with one attached hydrogen (secondary N) is 2. The van der Waals surface area contributed by atoms with Gasteiger partial charge in [0.2, 0.25) is 0 Å². The quantitative estimate of drug-likeness (QED) is 0.617. The van der Waals surface area contributed by atoms with Gasteiger partial charge < -0.3 is 15.4 Å². The number of benzene rings is 1. The molecule has 2 aromatic heterocycles. The van der Waals surface area contributed by atoms with E-state index in [1.165, 1.54) is 31.2 Å². The normalized spacial score (nSPS) is 14.3. The molecule has 0 saturated heterocycles. The van der Waals surface area contributed by atoms with Crippen molar-refractivity contribution in [3.8, 4) is 11.5 Å². The van der Waals surface area contributed by atoms with Crippen molar-refractivity contribution in [1.82, 2.24) is 20.1 Å². The maximum Gasteiger partial charge on any atom is 0.319 e. The second-order valence-electron chi connectivity index (χ2n) is 7.15. The van der Waals surface area contributed by atoms with Gasteiger partial charge in [0.1, 0.15) is 5.75 Å². The summed E-state index contributed by atoms with van der Waals surface area (Å²) in [5.74, 6) is 0.720. The van der Waals surface area contributed by atoms with Crippen LogP contribution in [-0.4, -0.2) is 20.8 Å². The summed E-state index contributed by atoms with van der Waals surface area (Å²) < 4.78 is 21.6. The van der Waals surface area contributed by atoms with Crippen LogP contribution in [0, 0.1) is 11.7 Å². The Balaban J connectivity index is 1.29. The zero-order valence-electron chi connectivity index (χ0n) is 16.0. The van der Waals surface area contributed by atoms with Crippen molar-refractivity contribution in [2.75, 3.05) is 5.32 Å². The Bertz CT molecular complexity index is 988. The van der Waals surface area contributed by atoms with Crippen LogP contribution in [0.4, 0.5) is 14.9 Å². The van der Waals surface area contributed by atoms with Crippen molar-refractivity contribution in [1.29, 1.82) is 0 Å². The predicted molar refractivity (Wildman–Crippen MR) is 106 cm³/mol. The van der Waals surface area contributed by atoms with E-state index < -0.39 is 5.82 Å². The molecule has 2 heterocycles. The summed E-state index contributed by atoms with van der Waals surface area (Å²) in [7, 11) is 0. The lowest BCUT2D eigenvalue weighted by molar-refractivity contribution is 0.251. The summed E-state index contributed by atoms with van der Waals surface area (Å²) in [4.78, 5) is 16.0. The Morgan fingerprint density at radius 1 is 1.34 bits per heavy atom. The van der Waals surface area contributed by atoms with Gasteiger partial charge in [-0.3, -0.25) is 9.67 Å². The fourth-order valence-electron chi connectivity index (χ4n) is 3.05. The summed E-state index contributed by atoms with van der Waals surface area (Å²) in [6.07, 6.45) is 9.03. The third-order valence-electron chi connectivity index (χ3n) is 4.89. The van der Waals surface area contributed by atoms with E-state index >= 15 is 0 Å². The van der Waals surface area contributed by atoms with E-state index in [4.69, 9.17) is 4.74 Å². The molecule has 0 radical (unpaired) electrons. The van der Waals surface area contributed by atoms with Gasteiger partial charge in [-0.15, -0.1) is 0 Å². The number of amides is 2. The van der Waals surface area contributed by atoms with Crippen LogP contribution in [-0.2, 0) is 6.54 Å². The molecule has 1 unspecified atom stereocenters. The topological polar surface area (TPSA) is 81.1 Å². The van der Waals surface area contributed by atoms with Crippen molar-refractivity contribution in [3.63, 3.8) is 0 Å². The smallest absolute Gasteiger partial charge is 0.319 e. The van der Waals surface area contributed by atoms with Crippen LogP contribution in [0.3, 0.4) is 0 Å². The molecule has 3 aromatic rings. The van der Waals surface area contributed by atoms with Crippen LogP contribution in [0.25, 0.3) is 0 Å². The highest BCUT2D eigenvalue weighted by Crippen LogP contribution is 2.39. The first-order valence-corrected chi connectivity index (χ1v) is 9.54. The maximum atomic E-state index is 14.3. The summed E-state index contributed by atoms with van der Waals surface area (Å²) in [5.41, 5.74) is 1.25. The number of halogens is 1. The van der Waals surface area contributed by atoms with Gasteiger partial charge in [-0.25, -0.2) is 9.18 Å². The van der Waals surface area contributed by atoms with E-state index in [1.54, 1.807) is 30.6 Å². The Morgan fingerprint density at radius 2 is 2.21 bits per heavy atom. The molecule has 2 amide bonds. The highest BCUT2D eigenvalue weighted by molar-refractivity contribution is 5.88. The van der Waals surface area contributed by atoms with Gasteiger partial charge >= 0.3 is 6.03 Å². The molecule has 1 atom stereocenters. The van der Waals surface area contributed by atoms with Crippen molar-refractivity contribution >= 4 is 11.7 Å². The van der Waals surface area contributed by atoms with Crippen molar-refractivity contribution in [2.45, 2.75) is 32.4 Å². The van der Waals surface area contributed by atoms with E-state index in [1.807, 2.05) is 10.9 Å². The molecule has 4 rings (SSSR count). The number of pyridine rings is 1. The van der Waals surface area contributed by atoms with Gasteiger partial charge in [0.15, 0.2) is 11.6 Å². The lowest BCUT2D eigenvalue weighted by Gasteiger charge is -2.10. The van der Waals surface area contributed by atoms with E-state index in [9.17, 15) is 9.18 Å². The molecule has 0 aliphatic heterocycles. The molecular formula is C21H22FN5O2. The highest BCUT2D eigenvalue weighted by Gasteiger charge is 2.29. The molecule has 7 nitrogen and oxygen atoms in total. The van der Waals surface area contributed by atoms with Gasteiger partial charge in [0.25, 0.3) is 0 Å². The fourth-order valence-corrected chi connectivity index (χ4v) is 3.05. The SMILES string of the molecule is CC(C1CC1)n1cc(NC(=O)NCc2ccc(Oc3cccnc3)c(F)c2)cn1. The van der Waals surface area contributed by atoms with Crippen LogP contribution in [0.1, 0.15) is 31.4 Å². The molecule has 150 valence electrons. The number of ether oxygens (including phenoxy) is 1. The molecular weight excluding hydrogens is 373 g/mol. The highest BCUT2D eigenvalue weighted by atomic mass is 19.1. The number of urea groups is 1. The third kappa shape index (κ3) is 4.90. The first kappa shape index (κ1) is 18.9. The number of rotatable bonds is 7. The second-order valence-corrected chi connectivity index (χ2v) is 7.15. The summed E-state index contributed by atoms with van der Waals surface area (Å²) in [5, 5.41) is 9.77. The number of nitrogens with zero attached hydrogens (tertiary/aromatic N) is 3. The molecule has 1 aromatic carbocycles. The minimum atomic E-state index is -0.510. The molecule has 2 N–H and O–H groups in total. The van der Waals surface area contributed by atoms with E-state index in [2.05, 4.69) is 27.6 Å². The molecule has 29 heavy (non-hydrogen) atoms. The fraction of sp³-hybridized carbons (Fsp3) is 0.286. The first-order chi connectivity index (χ1) is 14.1. The van der Waals surface area contributed by atoms with Crippen LogP contribution in [0.5, 0.6) is 11.5 Å². The van der Waals surface area contributed by atoms with Gasteiger partial charge in [0.05, 0.1) is 24.1 Å². The van der Waals surface area contributed by atoms with Gasteiger partial charge in [-0.1, -0.05) is 6.07 Å². The summed E-state index contributed by atoms with van der Waals surface area (Å²) >= 11 is 0. The van der Waals surface area contributed by atoms with Crippen molar-refractivity contribution < 1.29 is 13.9 Å². The lowest BCUT2D eigenvalue weighted by atomic mass is 10.2. The Hall–Kier alpha value is -3.42. The second kappa shape index (κ2) is 8.30. The third-order valence-corrected chi connectivity index (χ3v) is 4.89. The average Bonchev–Trinajstić information content (AvgIpc) is 3.48. The Labute approximate surface area is 167 Å². The maximum absolute atomic E-state index is 14.3. The van der Waals surface area contributed by atoms with Crippen LogP contribution >= 0.6 is 0 Å². The Morgan fingerprint density at radius 3 is 2.93 bits per heavy atom. The van der Waals surface area contributed by atoms with Crippen molar-refractivity contribution in [3.05, 3.63) is 66.5 Å². The number of carbonyl (C=O) groups is 1. The number of aromatic nitrogens is 3. The number of carbonyl (C=O) groups excluding carboxylic acids is 1. The first-order valence-electron chi connectivity index (χ1n) is 9.54. The summed E-state index contributed by atoms with van der Waals surface area (Å²) in [6, 6.07) is 7.93. The van der Waals surface area contributed by atoms with E-state index in [0.29, 0.717) is 29.0 Å². The lowest BCUT2D eigenvalue weighted by Crippen LogP contribution is -2.28. The monoisotopic (exact) mass is 395 g/mol. The largest absolute Gasteiger partial charge is 0.453 e. The van der Waals surface area contributed by atoms with Gasteiger partial charge in [0, 0.05) is 18.9 Å². The average molecular weight is 395 g/mol. The molecule has 1 aliphatic carbocycles.